The van der Waals surface area contributed by atoms with Gasteiger partial charge in [0.25, 0.3) is 5.97 Å². The van der Waals surface area contributed by atoms with Crippen molar-refractivity contribution in [3.8, 4) is 0 Å². The molecule has 0 rings (SSSR count). The molecule has 0 saturated heterocycles. The van der Waals surface area contributed by atoms with Crippen LogP contribution in [0.2, 0.25) is 0 Å². The molecule has 0 heterocycles. The topological polar surface area (TPSA) is 26.3 Å². The monoisotopic (exact) mass is 114 g/mol. The summed E-state index contributed by atoms with van der Waals surface area (Å²) in [7, 11) is 0. The Morgan fingerprint density at radius 3 is 2.17 bits per heavy atom. The molecule has 0 N–H and O–H groups in total. The predicted octanol–water partition coefficient (Wildman–Crippen LogP) is -1.06. The maximum atomic E-state index is 9.62. The van der Waals surface area contributed by atoms with Crippen LogP contribution in [-0.2, 0) is 8.58 Å². The first-order valence-corrected chi connectivity index (χ1v) is 2.13. The summed E-state index contributed by atoms with van der Waals surface area (Å²) < 4.78 is 4.25. The number of hydrogen-bond donors (Lipinski definition) is 0. The fraction of sp³-hybridized carbons (Fsp3) is 0.500. The fourth-order valence-electron chi connectivity index (χ4n) is 0. The zero-order valence-electron chi connectivity index (χ0n) is 6.02. The van der Waals surface area contributed by atoms with Gasteiger partial charge in [-0.2, -0.15) is 0 Å². The van der Waals surface area contributed by atoms with Crippen molar-refractivity contribution in [1.29, 1.82) is 0 Å². The molecule has 0 aliphatic rings. The van der Waals surface area contributed by atoms with Crippen LogP contribution >= 0.6 is 0 Å². The maximum Gasteiger partial charge on any atom is 2.00 e. The van der Waals surface area contributed by atoms with Crippen molar-refractivity contribution < 1.29 is 11.4 Å². The number of carbonyl (C=O) groups excluding carboxylic acids is 1. The van der Waals surface area contributed by atoms with Crippen LogP contribution < -0.4 is 0 Å². The summed E-state index contributed by atoms with van der Waals surface area (Å²) in [4.78, 5) is 9.62. The number of hydrogen-bond acceptors (Lipinski definition) is 2. The van der Waals surface area contributed by atoms with Crippen LogP contribution in [0.4, 0.5) is 0 Å². The predicted molar refractivity (Wildman–Crippen MR) is 28.3 cm³/mol. The minimum atomic E-state index is -0.184. The minimum absolute atomic E-state index is 0. The Morgan fingerprint density at radius 1 is 2.00 bits per heavy atom. The van der Waals surface area contributed by atoms with E-state index < -0.39 is 0 Å². The van der Waals surface area contributed by atoms with Gasteiger partial charge in [-0.05, 0) is 0 Å². The molecule has 0 aromatic heterocycles. The van der Waals surface area contributed by atoms with E-state index in [2.05, 4.69) is 3.79 Å². The van der Waals surface area contributed by atoms with E-state index in [-0.39, 0.29) is 31.9 Å². The van der Waals surface area contributed by atoms with Gasteiger partial charge in [-0.1, -0.05) is 0 Å². The molecule has 0 saturated carbocycles. The van der Waals surface area contributed by atoms with E-state index in [1.807, 2.05) is 0 Å². The Bertz CT molecular complexity index is 53.3. The van der Waals surface area contributed by atoms with Crippen LogP contribution in [0.1, 0.15) is 9.78 Å². The molecule has 0 radical (unpaired) electrons. The maximum absolute atomic E-state index is 9.62. The normalized spacial score (nSPS) is 5.50. The first-order chi connectivity index (χ1) is 2.27. The molecule has 0 spiro atoms. The van der Waals surface area contributed by atoms with E-state index in [4.69, 9.17) is 0 Å². The van der Waals surface area contributed by atoms with Crippen molar-refractivity contribution in [2.45, 2.75) is 6.92 Å². The molecule has 0 amide bonds. The average molecular weight is 114 g/mol. The summed E-state index contributed by atoms with van der Waals surface area (Å²) in [5.41, 5.74) is 0. The third-order valence-electron chi connectivity index (χ3n) is 0.287. The summed E-state index contributed by atoms with van der Waals surface area (Å²) in [5, 5.41) is 0. The quantitative estimate of drug-likeness (QED) is 0.375. The first-order valence-electron chi connectivity index (χ1n) is 1.32. The molecular formula is C2H7AlMgO2. The van der Waals surface area contributed by atoms with Gasteiger partial charge >= 0.3 is 39.7 Å². The second-order valence-electron chi connectivity index (χ2n) is 0.696. The zero-order chi connectivity index (χ0) is 4.28. The second-order valence-corrected chi connectivity index (χ2v) is 1.10. The van der Waals surface area contributed by atoms with Gasteiger partial charge in [0.15, 0.2) is 0 Å². The summed E-state index contributed by atoms with van der Waals surface area (Å²) >= 11 is 0.524. The van der Waals surface area contributed by atoms with E-state index in [0.29, 0.717) is 16.6 Å². The van der Waals surface area contributed by atoms with E-state index >= 15 is 0 Å². The molecule has 0 atom stereocenters. The van der Waals surface area contributed by atoms with Crippen LogP contribution in [0, 0.1) is 0 Å². The van der Waals surface area contributed by atoms with Crippen molar-refractivity contribution in [2.24, 2.45) is 0 Å². The van der Waals surface area contributed by atoms with E-state index in [1.165, 1.54) is 6.92 Å². The van der Waals surface area contributed by atoms with Crippen LogP contribution in [0.15, 0.2) is 0 Å². The summed E-state index contributed by atoms with van der Waals surface area (Å²) in [6.07, 6.45) is 0. The van der Waals surface area contributed by atoms with Crippen LogP contribution in [0.3, 0.4) is 0 Å². The van der Waals surface area contributed by atoms with Crippen molar-refractivity contribution in [2.75, 3.05) is 0 Å². The van der Waals surface area contributed by atoms with E-state index in [1.54, 1.807) is 0 Å². The fourth-order valence-corrected chi connectivity index (χ4v) is 0. The Morgan fingerprint density at radius 2 is 2.17 bits per heavy atom. The van der Waals surface area contributed by atoms with Crippen molar-refractivity contribution >= 4 is 45.6 Å². The molecule has 0 fully saturated rings. The van der Waals surface area contributed by atoms with Crippen LogP contribution in [0.5, 0.6) is 0 Å². The van der Waals surface area contributed by atoms with Gasteiger partial charge in [0.1, 0.15) is 0 Å². The molecular weight excluding hydrogens is 107 g/mol. The molecule has 2 nitrogen and oxygen atoms in total. The third-order valence-corrected chi connectivity index (χ3v) is 0.862. The van der Waals surface area contributed by atoms with Gasteiger partial charge in [-0.3, -0.25) is 4.79 Å². The smallest absolute Gasteiger partial charge is 1.00 e. The Labute approximate surface area is 64.1 Å². The molecule has 0 aromatic carbocycles. The molecule has 4 heteroatoms. The van der Waals surface area contributed by atoms with Crippen LogP contribution in [0.25, 0.3) is 0 Å². The van der Waals surface area contributed by atoms with E-state index in [9.17, 15) is 4.79 Å². The molecule has 6 heavy (non-hydrogen) atoms. The van der Waals surface area contributed by atoms with Gasteiger partial charge in [0, 0.05) is 6.92 Å². The number of carbonyl (C=O) groups is 1. The van der Waals surface area contributed by atoms with Gasteiger partial charge < -0.3 is 6.64 Å². The van der Waals surface area contributed by atoms with Gasteiger partial charge in [-0.15, -0.1) is 0 Å². The zero-order valence-corrected chi connectivity index (χ0v) is 7.44. The van der Waals surface area contributed by atoms with E-state index in [0.717, 1.165) is 0 Å². The minimum Gasteiger partial charge on any atom is -1.00 e. The van der Waals surface area contributed by atoms with Gasteiger partial charge in [0.2, 0.25) is 0 Å². The van der Waals surface area contributed by atoms with Crippen LogP contribution in [-0.4, -0.2) is 45.6 Å². The Kier molecular flexibility index (Phi) is 9.52. The molecule has 0 bridgehead atoms. The SMILES string of the molecule is CC(=O)[O][AlH2].[H-].[H-].[Mg+2]. The molecule has 0 aromatic rings. The molecule has 0 aliphatic heterocycles. The summed E-state index contributed by atoms with van der Waals surface area (Å²) in [5.74, 6) is -0.184. The third kappa shape index (κ3) is 8.84. The summed E-state index contributed by atoms with van der Waals surface area (Å²) in [6.45, 7) is 1.40. The largest absolute Gasteiger partial charge is 2.00 e. The van der Waals surface area contributed by atoms with Crippen molar-refractivity contribution in [1.82, 2.24) is 0 Å². The number of rotatable bonds is 0. The van der Waals surface area contributed by atoms with Crippen molar-refractivity contribution in [3.63, 3.8) is 0 Å². The first kappa shape index (κ1) is 9.91. The second kappa shape index (κ2) is 5.77. The summed E-state index contributed by atoms with van der Waals surface area (Å²) in [6, 6.07) is 0. The molecule has 32 valence electrons. The van der Waals surface area contributed by atoms with Crippen molar-refractivity contribution in [3.05, 3.63) is 0 Å². The molecule has 0 unspecified atom stereocenters. The standard InChI is InChI=1S/C2H4O2.Al.Mg.4H/c1-2(3)4;;;;;;/h1H3,(H,3,4);;;;;;/q;+1;+2;;;2*-1/p-1. The van der Waals surface area contributed by atoms with Gasteiger partial charge in [-0.25, -0.2) is 0 Å². The Hall–Kier alpha value is 0.769. The van der Waals surface area contributed by atoms with Gasteiger partial charge in [0.05, 0.1) is 0 Å². The average Bonchev–Trinajstić information content (AvgIpc) is 1.38. The molecule has 0 aliphatic carbocycles. The Balaban J connectivity index is -0.0000000267.